The summed E-state index contributed by atoms with van der Waals surface area (Å²) < 4.78 is 6.61. The molecule has 3 aromatic heterocycles. The fourth-order valence-electron chi connectivity index (χ4n) is 8.68. The van der Waals surface area contributed by atoms with Crippen LogP contribution in [0.15, 0.2) is 213 Å². The molecule has 0 atom stereocenters. The average molecular weight is 964 g/mol. The molecule has 61 heavy (non-hydrogen) atoms. The SMILES string of the molecule is Cn1[cH+]n(-c2[c-]c(N(c3[c-]c4c(cc3)c3ccccc3n4-c3cc(-c4c(-c5ccccc5)cccc4-c4ccccc4)ccn3)c3ccccc3)ccc2)c2ccccc21.[Pt]. The summed E-state index contributed by atoms with van der Waals surface area (Å²) in [4.78, 5) is 7.33. The summed E-state index contributed by atoms with van der Waals surface area (Å²) in [7, 11) is 2.08. The van der Waals surface area contributed by atoms with Crippen molar-refractivity contribution in [2.24, 2.45) is 7.05 Å². The molecule has 0 amide bonds. The largest absolute Gasteiger partial charge is 0.358 e. The Kier molecular flexibility index (Phi) is 9.96. The van der Waals surface area contributed by atoms with Crippen LogP contribution in [0.25, 0.3) is 77.7 Å². The molecule has 5 nitrogen and oxygen atoms in total. The molecule has 11 rings (SSSR count). The predicted octanol–water partition coefficient (Wildman–Crippen LogP) is 13.8. The van der Waals surface area contributed by atoms with Gasteiger partial charge in [0.1, 0.15) is 5.82 Å². The van der Waals surface area contributed by atoms with E-state index in [4.69, 9.17) is 4.98 Å². The summed E-state index contributed by atoms with van der Waals surface area (Å²) in [6, 6.07) is 78.2. The van der Waals surface area contributed by atoms with E-state index in [2.05, 4.69) is 244 Å². The molecule has 0 aliphatic carbocycles. The van der Waals surface area contributed by atoms with Gasteiger partial charge in [-0.3, -0.25) is 0 Å². The van der Waals surface area contributed by atoms with Gasteiger partial charge < -0.3 is 9.47 Å². The van der Waals surface area contributed by atoms with Crippen molar-refractivity contribution in [3.8, 4) is 44.9 Å². The van der Waals surface area contributed by atoms with Gasteiger partial charge in [-0.05, 0) is 81.2 Å². The number of aryl methyl sites for hydroxylation is 1. The number of hydrogen-bond donors (Lipinski definition) is 0. The smallest absolute Gasteiger partial charge is 0.188 e. The van der Waals surface area contributed by atoms with Crippen LogP contribution in [0, 0.1) is 12.1 Å². The maximum atomic E-state index is 5.09. The number of benzene rings is 8. The zero-order valence-corrected chi connectivity index (χ0v) is 35.5. The Morgan fingerprint density at radius 1 is 0.508 bits per heavy atom. The van der Waals surface area contributed by atoms with Crippen LogP contribution in [0.4, 0.5) is 17.1 Å². The molecule has 0 saturated carbocycles. The first kappa shape index (κ1) is 37.9. The van der Waals surface area contributed by atoms with Gasteiger partial charge in [0, 0.05) is 63.3 Å². The molecule has 8 aromatic carbocycles. The fourth-order valence-corrected chi connectivity index (χ4v) is 8.68. The minimum absolute atomic E-state index is 0. The van der Waals surface area contributed by atoms with Crippen LogP contribution >= 0.6 is 0 Å². The molecule has 0 N–H and O–H groups in total. The summed E-state index contributed by atoms with van der Waals surface area (Å²) in [6.45, 7) is 0. The van der Waals surface area contributed by atoms with Crippen LogP contribution in [0.1, 0.15) is 0 Å². The van der Waals surface area contributed by atoms with Gasteiger partial charge in [0.05, 0.1) is 0 Å². The van der Waals surface area contributed by atoms with Crippen molar-refractivity contribution in [3.63, 3.8) is 0 Å². The van der Waals surface area contributed by atoms with Crippen molar-refractivity contribution in [3.05, 3.63) is 225 Å². The van der Waals surface area contributed by atoms with E-state index in [1.54, 1.807) is 0 Å². The first-order chi connectivity index (χ1) is 29.7. The Balaban J connectivity index is 0.00000445. The van der Waals surface area contributed by atoms with Crippen LogP contribution in [-0.2, 0) is 28.1 Å². The molecular weight excluding hydrogens is 926 g/mol. The van der Waals surface area contributed by atoms with E-state index in [0.717, 1.165) is 67.0 Å². The number of anilines is 3. The van der Waals surface area contributed by atoms with Gasteiger partial charge in [-0.1, -0.05) is 138 Å². The molecule has 3 heterocycles. The number of aromatic nitrogens is 4. The average Bonchev–Trinajstić information content (AvgIpc) is 3.84. The number of hydrogen-bond acceptors (Lipinski definition) is 2. The predicted molar refractivity (Wildman–Crippen MR) is 247 cm³/mol. The number of nitrogens with zero attached hydrogens (tertiary/aromatic N) is 5. The topological polar surface area (TPSA) is 30.9 Å². The van der Waals surface area contributed by atoms with Gasteiger partial charge in [0.25, 0.3) is 0 Å². The van der Waals surface area contributed by atoms with Gasteiger partial charge >= 0.3 is 0 Å². The molecule has 0 unspecified atom stereocenters. The Morgan fingerprint density at radius 2 is 1.11 bits per heavy atom. The first-order valence-corrected chi connectivity index (χ1v) is 20.2. The van der Waals surface area contributed by atoms with E-state index in [1.165, 1.54) is 27.8 Å². The maximum absolute atomic E-state index is 5.09. The third-order valence-electron chi connectivity index (χ3n) is 11.4. The van der Waals surface area contributed by atoms with Crippen molar-refractivity contribution in [2.75, 3.05) is 4.90 Å². The molecule has 0 radical (unpaired) electrons. The Hall–Kier alpha value is -7.33. The minimum Gasteiger partial charge on any atom is -0.358 e. The molecule has 0 bridgehead atoms. The van der Waals surface area contributed by atoms with Crippen LogP contribution < -0.4 is 4.90 Å². The molecule has 0 aliphatic heterocycles. The zero-order valence-electron chi connectivity index (χ0n) is 33.3. The van der Waals surface area contributed by atoms with Crippen molar-refractivity contribution in [2.45, 2.75) is 0 Å². The molecule has 0 aliphatic rings. The van der Waals surface area contributed by atoms with Crippen LogP contribution in [0.3, 0.4) is 0 Å². The molecule has 11 aromatic rings. The monoisotopic (exact) mass is 963 g/mol. The van der Waals surface area contributed by atoms with Gasteiger partial charge in [0.15, 0.2) is 17.4 Å². The van der Waals surface area contributed by atoms with E-state index in [-0.39, 0.29) is 21.1 Å². The summed E-state index contributed by atoms with van der Waals surface area (Å²) in [5.41, 5.74) is 15.0. The molecule has 294 valence electrons. The van der Waals surface area contributed by atoms with Crippen molar-refractivity contribution in [1.29, 1.82) is 0 Å². The molecule has 0 spiro atoms. The molecular formula is C55H38N5Pt-. The summed E-state index contributed by atoms with van der Waals surface area (Å²) >= 11 is 0. The second kappa shape index (κ2) is 16.0. The Bertz CT molecular complexity index is 3280. The maximum Gasteiger partial charge on any atom is 0.188 e. The van der Waals surface area contributed by atoms with Crippen molar-refractivity contribution >= 4 is 49.9 Å². The first-order valence-electron chi connectivity index (χ1n) is 20.2. The fraction of sp³-hybridized carbons (Fsp3) is 0.0182. The quantitative estimate of drug-likeness (QED) is 0.142. The normalized spacial score (nSPS) is 11.2. The van der Waals surface area contributed by atoms with Gasteiger partial charge in [-0.2, -0.15) is 12.1 Å². The number of fused-ring (bicyclic) bond motifs is 4. The van der Waals surface area contributed by atoms with E-state index in [9.17, 15) is 0 Å². The number of para-hydroxylation sites is 4. The van der Waals surface area contributed by atoms with Crippen LogP contribution in [-0.4, -0.2) is 18.7 Å². The summed E-state index contributed by atoms with van der Waals surface area (Å²) in [5.74, 6) is 0.821. The zero-order chi connectivity index (χ0) is 40.0. The van der Waals surface area contributed by atoms with Crippen molar-refractivity contribution < 1.29 is 21.1 Å². The molecule has 0 fully saturated rings. The van der Waals surface area contributed by atoms with Crippen LogP contribution in [0.5, 0.6) is 0 Å². The number of imidazole rings is 1. The van der Waals surface area contributed by atoms with E-state index in [0.29, 0.717) is 0 Å². The summed E-state index contributed by atoms with van der Waals surface area (Å²) in [6.07, 6.45) is 4.05. The Morgan fingerprint density at radius 3 is 1.84 bits per heavy atom. The molecule has 6 heteroatoms. The number of rotatable bonds is 8. The standard InChI is InChI=1S/C55H38N5.Pt/c1-57-38-58(52-30-14-13-29-51(52)57)43-23-15-24-44(36-43)59(42-21-9-4-10-22-42)45-31-32-49-48-25-11-12-28-50(48)60(53(49)37-45)54-35-41(33-34-56-54)55-46(39-17-5-2-6-18-39)26-16-27-47(55)40-19-7-3-8-20-40;/h2-35,38H,1H3;/q-1;. The minimum atomic E-state index is 0. The van der Waals surface area contributed by atoms with E-state index < -0.39 is 0 Å². The number of pyridine rings is 1. The van der Waals surface area contributed by atoms with Crippen LogP contribution in [0.2, 0.25) is 0 Å². The van der Waals surface area contributed by atoms with Gasteiger partial charge in [-0.15, -0.1) is 29.7 Å². The van der Waals surface area contributed by atoms with E-state index in [1.807, 2.05) is 6.20 Å². The second-order valence-electron chi connectivity index (χ2n) is 15.0. The second-order valence-corrected chi connectivity index (χ2v) is 15.0. The molecule has 0 saturated heterocycles. The third-order valence-corrected chi connectivity index (χ3v) is 11.4. The van der Waals surface area contributed by atoms with E-state index >= 15 is 0 Å². The van der Waals surface area contributed by atoms with Gasteiger partial charge in [-0.25, -0.2) is 14.1 Å². The van der Waals surface area contributed by atoms with Crippen molar-refractivity contribution in [1.82, 2.24) is 18.7 Å². The Labute approximate surface area is 369 Å². The summed E-state index contributed by atoms with van der Waals surface area (Å²) in [5, 5.41) is 2.25. The third kappa shape index (κ3) is 6.74. The van der Waals surface area contributed by atoms with Gasteiger partial charge in [0.2, 0.25) is 0 Å².